The summed E-state index contributed by atoms with van der Waals surface area (Å²) in [4.78, 5) is 0. The van der Waals surface area contributed by atoms with Crippen LogP contribution in [0.3, 0.4) is 0 Å². The molecule has 0 aliphatic rings. The zero-order valence-electron chi connectivity index (χ0n) is 7.63. The van der Waals surface area contributed by atoms with E-state index in [1.165, 1.54) is 17.0 Å². The van der Waals surface area contributed by atoms with Gasteiger partial charge in [0.15, 0.2) is 0 Å². The highest BCUT2D eigenvalue weighted by Gasteiger charge is 1.91. The molecule has 1 nitrogen and oxygen atoms in total. The van der Waals surface area contributed by atoms with Crippen molar-refractivity contribution in [1.82, 2.24) is 0 Å². The molecule has 0 saturated carbocycles. The first-order valence-electron chi connectivity index (χ1n) is 4.21. The summed E-state index contributed by atoms with van der Waals surface area (Å²) < 4.78 is 0. The predicted molar refractivity (Wildman–Crippen MR) is 57.8 cm³/mol. The van der Waals surface area contributed by atoms with E-state index in [9.17, 15) is 0 Å². The highest BCUT2D eigenvalue weighted by Crippen LogP contribution is 2.14. The van der Waals surface area contributed by atoms with Gasteiger partial charge in [-0.3, -0.25) is 0 Å². The Morgan fingerprint density at radius 3 is 2.42 bits per heavy atom. The molecule has 1 aromatic carbocycles. The summed E-state index contributed by atoms with van der Waals surface area (Å²) in [5.41, 5.74) is 2.58. The average molecular weight is 181 g/mol. The van der Waals surface area contributed by atoms with Gasteiger partial charge in [-0.05, 0) is 23.4 Å². The Morgan fingerprint density at radius 2 is 1.92 bits per heavy atom. The van der Waals surface area contributed by atoms with Crippen LogP contribution in [0.15, 0.2) is 24.3 Å². The molecule has 2 heteroatoms. The first-order valence-corrected chi connectivity index (χ1v) is 5.36. The van der Waals surface area contributed by atoms with Gasteiger partial charge in [0.1, 0.15) is 0 Å². The van der Waals surface area contributed by atoms with Crippen LogP contribution in [0, 0.1) is 0 Å². The Bertz CT molecular complexity index is 218. The maximum absolute atomic E-state index is 3.10. The third-order valence-corrected chi connectivity index (χ3v) is 2.66. The Balaban J connectivity index is 2.53. The standard InChI is InChI=1S/C10H15NS/c1-3-12-8-9-4-6-10(11-2)7-5-9/h4-7,11H,3,8H2,1-2H3. The molecule has 0 amide bonds. The molecule has 1 rings (SSSR count). The zero-order chi connectivity index (χ0) is 8.81. The summed E-state index contributed by atoms with van der Waals surface area (Å²) in [7, 11) is 1.94. The van der Waals surface area contributed by atoms with Crippen LogP contribution in [-0.2, 0) is 5.75 Å². The minimum absolute atomic E-state index is 1.13. The van der Waals surface area contributed by atoms with Crippen molar-refractivity contribution in [2.24, 2.45) is 0 Å². The number of thioether (sulfide) groups is 1. The molecule has 0 radical (unpaired) electrons. The Hall–Kier alpha value is -0.630. The lowest BCUT2D eigenvalue weighted by molar-refractivity contribution is 1.38. The Labute approximate surface area is 78.6 Å². The van der Waals surface area contributed by atoms with Gasteiger partial charge < -0.3 is 5.32 Å². The molecule has 0 bridgehead atoms. The molecule has 0 aliphatic heterocycles. The number of rotatable bonds is 4. The van der Waals surface area contributed by atoms with E-state index in [0.717, 1.165) is 5.75 Å². The van der Waals surface area contributed by atoms with Crippen molar-refractivity contribution in [3.8, 4) is 0 Å². The lowest BCUT2D eigenvalue weighted by Gasteiger charge is -2.02. The van der Waals surface area contributed by atoms with Crippen LogP contribution >= 0.6 is 11.8 Å². The number of benzene rings is 1. The molecular formula is C10H15NS. The van der Waals surface area contributed by atoms with Crippen LogP contribution in [0.5, 0.6) is 0 Å². The zero-order valence-corrected chi connectivity index (χ0v) is 8.45. The van der Waals surface area contributed by atoms with Crippen LogP contribution in [0.1, 0.15) is 12.5 Å². The number of nitrogens with one attached hydrogen (secondary N) is 1. The lowest BCUT2D eigenvalue weighted by Crippen LogP contribution is -1.87. The van der Waals surface area contributed by atoms with E-state index in [0.29, 0.717) is 0 Å². The molecule has 1 N–H and O–H groups in total. The summed E-state index contributed by atoms with van der Waals surface area (Å²) in [6.07, 6.45) is 0. The average Bonchev–Trinajstić information content (AvgIpc) is 2.15. The number of hydrogen-bond donors (Lipinski definition) is 1. The molecule has 1 aromatic rings. The van der Waals surface area contributed by atoms with Gasteiger partial charge in [0.25, 0.3) is 0 Å². The second-order valence-electron chi connectivity index (χ2n) is 2.58. The van der Waals surface area contributed by atoms with Gasteiger partial charge in [0, 0.05) is 18.5 Å². The van der Waals surface area contributed by atoms with E-state index < -0.39 is 0 Å². The largest absolute Gasteiger partial charge is 0.388 e. The molecule has 0 saturated heterocycles. The molecule has 66 valence electrons. The van der Waals surface area contributed by atoms with Crippen molar-refractivity contribution in [2.45, 2.75) is 12.7 Å². The van der Waals surface area contributed by atoms with Crippen LogP contribution in [0.4, 0.5) is 5.69 Å². The van der Waals surface area contributed by atoms with Gasteiger partial charge in [0.05, 0.1) is 0 Å². The Kier molecular flexibility index (Phi) is 4.01. The summed E-state index contributed by atoms with van der Waals surface area (Å²) in [5.74, 6) is 2.31. The van der Waals surface area contributed by atoms with Crippen LogP contribution < -0.4 is 5.32 Å². The molecular weight excluding hydrogens is 166 g/mol. The van der Waals surface area contributed by atoms with Crippen LogP contribution in [-0.4, -0.2) is 12.8 Å². The van der Waals surface area contributed by atoms with Crippen molar-refractivity contribution in [3.05, 3.63) is 29.8 Å². The highest BCUT2D eigenvalue weighted by molar-refractivity contribution is 7.98. The molecule has 0 fully saturated rings. The fourth-order valence-corrected chi connectivity index (χ4v) is 1.62. The van der Waals surface area contributed by atoms with Crippen LogP contribution in [0.25, 0.3) is 0 Å². The minimum atomic E-state index is 1.13. The van der Waals surface area contributed by atoms with E-state index in [4.69, 9.17) is 0 Å². The summed E-state index contributed by atoms with van der Waals surface area (Å²) in [6.45, 7) is 2.19. The summed E-state index contributed by atoms with van der Waals surface area (Å²) in [5, 5.41) is 3.10. The van der Waals surface area contributed by atoms with Crippen molar-refractivity contribution in [1.29, 1.82) is 0 Å². The second-order valence-corrected chi connectivity index (χ2v) is 3.86. The van der Waals surface area contributed by atoms with Crippen LogP contribution in [0.2, 0.25) is 0 Å². The summed E-state index contributed by atoms with van der Waals surface area (Å²) in [6, 6.07) is 8.58. The maximum Gasteiger partial charge on any atom is 0.0337 e. The maximum atomic E-state index is 3.10. The SMILES string of the molecule is CCSCc1ccc(NC)cc1. The minimum Gasteiger partial charge on any atom is -0.388 e. The van der Waals surface area contributed by atoms with E-state index >= 15 is 0 Å². The first kappa shape index (κ1) is 9.46. The predicted octanol–water partition coefficient (Wildman–Crippen LogP) is 2.98. The van der Waals surface area contributed by atoms with E-state index in [1.54, 1.807) is 0 Å². The van der Waals surface area contributed by atoms with Gasteiger partial charge in [0.2, 0.25) is 0 Å². The van der Waals surface area contributed by atoms with E-state index in [2.05, 4.69) is 36.5 Å². The molecule has 0 atom stereocenters. The second kappa shape index (κ2) is 5.09. The molecule has 0 aromatic heterocycles. The molecule has 0 aliphatic carbocycles. The van der Waals surface area contributed by atoms with E-state index in [1.807, 2.05) is 18.8 Å². The fraction of sp³-hybridized carbons (Fsp3) is 0.400. The number of anilines is 1. The van der Waals surface area contributed by atoms with Gasteiger partial charge in [-0.25, -0.2) is 0 Å². The topological polar surface area (TPSA) is 12.0 Å². The molecule has 12 heavy (non-hydrogen) atoms. The fourth-order valence-electron chi connectivity index (χ4n) is 0.988. The van der Waals surface area contributed by atoms with Gasteiger partial charge in [-0.1, -0.05) is 19.1 Å². The van der Waals surface area contributed by atoms with E-state index in [-0.39, 0.29) is 0 Å². The number of hydrogen-bond acceptors (Lipinski definition) is 2. The van der Waals surface area contributed by atoms with Gasteiger partial charge in [-0.15, -0.1) is 0 Å². The highest BCUT2D eigenvalue weighted by atomic mass is 32.2. The van der Waals surface area contributed by atoms with Crippen molar-refractivity contribution in [2.75, 3.05) is 18.1 Å². The van der Waals surface area contributed by atoms with Crippen molar-refractivity contribution >= 4 is 17.4 Å². The third kappa shape index (κ3) is 2.78. The normalized spacial score (nSPS) is 9.83. The summed E-state index contributed by atoms with van der Waals surface area (Å²) >= 11 is 1.95. The van der Waals surface area contributed by atoms with Gasteiger partial charge >= 0.3 is 0 Å². The monoisotopic (exact) mass is 181 g/mol. The van der Waals surface area contributed by atoms with Crippen molar-refractivity contribution in [3.63, 3.8) is 0 Å². The smallest absolute Gasteiger partial charge is 0.0337 e. The Morgan fingerprint density at radius 1 is 1.25 bits per heavy atom. The molecule has 0 spiro atoms. The lowest BCUT2D eigenvalue weighted by atomic mass is 10.2. The van der Waals surface area contributed by atoms with Gasteiger partial charge in [-0.2, -0.15) is 11.8 Å². The molecule has 0 unspecified atom stereocenters. The molecule has 0 heterocycles. The van der Waals surface area contributed by atoms with Crippen molar-refractivity contribution < 1.29 is 0 Å². The quantitative estimate of drug-likeness (QED) is 0.766. The third-order valence-electron chi connectivity index (χ3n) is 1.72. The first-order chi connectivity index (χ1) is 5.86.